The van der Waals surface area contributed by atoms with Crippen molar-refractivity contribution < 1.29 is 0 Å². The minimum atomic E-state index is 1.09. The highest BCUT2D eigenvalue weighted by molar-refractivity contribution is 7.26. The van der Waals surface area contributed by atoms with Crippen LogP contribution >= 0.6 is 22.7 Å². The molecule has 302 valence electrons. The number of rotatable bonds is 9. The van der Waals surface area contributed by atoms with Gasteiger partial charge >= 0.3 is 0 Å². The molecule has 12 rings (SSSR count). The Morgan fingerprint density at radius 1 is 0.219 bits per heavy atom. The first-order valence-corrected chi connectivity index (χ1v) is 23.3. The van der Waals surface area contributed by atoms with Gasteiger partial charge in [-0.2, -0.15) is 0 Å². The fourth-order valence-electron chi connectivity index (χ4n) is 9.52. The third-order valence-electron chi connectivity index (χ3n) is 12.3. The van der Waals surface area contributed by atoms with Crippen LogP contribution in [0.4, 0.5) is 34.1 Å². The van der Waals surface area contributed by atoms with Gasteiger partial charge in [-0.1, -0.05) is 182 Å². The first-order chi connectivity index (χ1) is 31.8. The molecule has 0 amide bonds. The summed E-state index contributed by atoms with van der Waals surface area (Å²) in [4.78, 5) is 5.04. The second kappa shape index (κ2) is 16.2. The van der Waals surface area contributed by atoms with Gasteiger partial charge in [0.1, 0.15) is 0 Å². The molecule has 0 bridgehead atoms. The molecule has 0 spiro atoms. The van der Waals surface area contributed by atoms with Crippen LogP contribution in [0.25, 0.3) is 73.7 Å². The molecule has 64 heavy (non-hydrogen) atoms. The summed E-state index contributed by atoms with van der Waals surface area (Å²) in [6.45, 7) is 0. The summed E-state index contributed by atoms with van der Waals surface area (Å²) in [6.07, 6.45) is 0. The fourth-order valence-corrected chi connectivity index (χ4v) is 11.8. The average molecular weight is 853 g/mol. The normalized spacial score (nSPS) is 11.4. The molecular weight excluding hydrogens is 813 g/mol. The molecule has 2 nitrogen and oxygen atoms in total. The zero-order chi connectivity index (χ0) is 42.4. The Morgan fingerprint density at radius 2 is 0.516 bits per heavy atom. The van der Waals surface area contributed by atoms with Crippen LogP contribution in [-0.4, -0.2) is 0 Å². The molecule has 0 radical (unpaired) electrons. The smallest absolute Gasteiger partial charge is 0.0555 e. The minimum Gasteiger partial charge on any atom is -0.309 e. The van der Waals surface area contributed by atoms with E-state index in [1.807, 2.05) is 22.7 Å². The van der Waals surface area contributed by atoms with E-state index in [2.05, 4.69) is 252 Å². The zero-order valence-electron chi connectivity index (χ0n) is 34.8. The lowest BCUT2D eigenvalue weighted by atomic mass is 9.95. The maximum atomic E-state index is 2.52. The number of anilines is 6. The standard InChI is InChI=1S/C60H40N2S2/c1-3-21-41(22-4-1)43-25-7-13-31-49(43)61(53-35-19-39-57-59(53)47-29-11-17-37-55(47)63-57)51-33-15-9-27-45(51)46-28-10-16-34-52(46)62(50-32-14-8-26-44(50)42-23-5-2-6-24-42)54-36-20-40-58-60(54)48-30-12-18-38-56(48)64-58/h1-40H. The molecule has 0 saturated carbocycles. The molecule has 0 aliphatic rings. The van der Waals surface area contributed by atoms with Crippen molar-refractivity contribution in [2.75, 3.05) is 9.80 Å². The molecule has 2 heterocycles. The van der Waals surface area contributed by atoms with E-state index in [-0.39, 0.29) is 0 Å². The van der Waals surface area contributed by atoms with Gasteiger partial charge < -0.3 is 9.80 Å². The number of nitrogens with zero attached hydrogens (tertiary/aromatic N) is 2. The summed E-state index contributed by atoms with van der Waals surface area (Å²) in [7, 11) is 0. The van der Waals surface area contributed by atoms with Crippen LogP contribution < -0.4 is 9.80 Å². The largest absolute Gasteiger partial charge is 0.309 e. The molecule has 0 atom stereocenters. The van der Waals surface area contributed by atoms with E-state index in [0.717, 1.165) is 56.4 Å². The van der Waals surface area contributed by atoms with Gasteiger partial charge in [0.25, 0.3) is 0 Å². The Bertz CT molecular complexity index is 3400. The maximum absolute atomic E-state index is 2.52. The van der Waals surface area contributed by atoms with Crippen LogP contribution in [0.2, 0.25) is 0 Å². The van der Waals surface area contributed by atoms with Gasteiger partial charge in [-0.3, -0.25) is 0 Å². The summed E-state index contributed by atoms with van der Waals surface area (Å²) >= 11 is 3.71. The molecule has 0 aliphatic carbocycles. The van der Waals surface area contributed by atoms with E-state index in [9.17, 15) is 0 Å². The van der Waals surface area contributed by atoms with Gasteiger partial charge in [-0.05, 0) is 71.8 Å². The Morgan fingerprint density at radius 3 is 0.938 bits per heavy atom. The van der Waals surface area contributed by atoms with E-state index in [4.69, 9.17) is 0 Å². The molecule has 4 heteroatoms. The fraction of sp³-hybridized carbons (Fsp3) is 0. The lowest BCUT2D eigenvalue weighted by molar-refractivity contribution is 1.28. The van der Waals surface area contributed by atoms with E-state index in [0.29, 0.717) is 0 Å². The highest BCUT2D eigenvalue weighted by atomic mass is 32.1. The van der Waals surface area contributed by atoms with E-state index >= 15 is 0 Å². The van der Waals surface area contributed by atoms with E-state index in [1.54, 1.807) is 0 Å². The summed E-state index contributed by atoms with van der Waals surface area (Å²) in [5.41, 5.74) is 13.6. The number of benzene rings is 10. The second-order valence-corrected chi connectivity index (χ2v) is 18.1. The van der Waals surface area contributed by atoms with Gasteiger partial charge in [-0.15, -0.1) is 22.7 Å². The van der Waals surface area contributed by atoms with Crippen molar-refractivity contribution in [3.05, 3.63) is 243 Å². The second-order valence-electron chi connectivity index (χ2n) is 16.0. The summed E-state index contributed by atoms with van der Waals surface area (Å²) in [5, 5.41) is 5.03. The average Bonchev–Trinajstić information content (AvgIpc) is 3.95. The minimum absolute atomic E-state index is 1.09. The molecule has 0 N–H and O–H groups in total. The van der Waals surface area contributed by atoms with Crippen molar-refractivity contribution in [3.63, 3.8) is 0 Å². The quantitative estimate of drug-likeness (QED) is 0.143. The number of fused-ring (bicyclic) bond motifs is 6. The number of hydrogen-bond donors (Lipinski definition) is 0. The van der Waals surface area contributed by atoms with Gasteiger partial charge in [0, 0.05) is 62.6 Å². The Labute approximate surface area is 380 Å². The van der Waals surface area contributed by atoms with Crippen LogP contribution in [-0.2, 0) is 0 Å². The number of thiophene rings is 2. The first-order valence-electron chi connectivity index (χ1n) is 21.7. The van der Waals surface area contributed by atoms with E-state index in [1.165, 1.54) is 51.5 Å². The predicted octanol–water partition coefficient (Wildman–Crippen LogP) is 18.4. The summed E-state index contributed by atoms with van der Waals surface area (Å²) in [6, 6.07) is 88.5. The lowest BCUT2D eigenvalue weighted by Crippen LogP contribution is -2.15. The zero-order valence-corrected chi connectivity index (χ0v) is 36.4. The molecule has 12 aromatic rings. The number of para-hydroxylation sites is 4. The maximum Gasteiger partial charge on any atom is 0.0555 e. The van der Waals surface area contributed by atoms with Crippen molar-refractivity contribution in [3.8, 4) is 33.4 Å². The highest BCUT2D eigenvalue weighted by Gasteiger charge is 2.27. The molecule has 0 saturated heterocycles. The monoisotopic (exact) mass is 852 g/mol. The van der Waals surface area contributed by atoms with E-state index < -0.39 is 0 Å². The Kier molecular flexibility index (Phi) is 9.59. The molecule has 0 unspecified atom stereocenters. The molecule has 0 fully saturated rings. The number of hydrogen-bond acceptors (Lipinski definition) is 4. The van der Waals surface area contributed by atoms with Crippen molar-refractivity contribution >= 4 is 97.1 Å². The SMILES string of the molecule is c1ccc(-c2ccccc2N(c2ccccc2-c2ccccc2N(c2ccccc2-c2ccccc2)c2cccc3sc4ccccc4c23)c2cccc3sc4ccccc4c23)cc1. The van der Waals surface area contributed by atoms with Crippen LogP contribution in [0.15, 0.2) is 243 Å². The van der Waals surface area contributed by atoms with Crippen molar-refractivity contribution in [2.45, 2.75) is 0 Å². The molecule has 2 aromatic heterocycles. The Hall–Kier alpha value is -7.76. The highest BCUT2D eigenvalue weighted by Crippen LogP contribution is 2.53. The summed E-state index contributed by atoms with van der Waals surface area (Å²) in [5.74, 6) is 0. The predicted molar refractivity (Wildman–Crippen MR) is 278 cm³/mol. The van der Waals surface area contributed by atoms with Crippen molar-refractivity contribution in [1.82, 2.24) is 0 Å². The first kappa shape index (κ1) is 38.0. The summed E-state index contributed by atoms with van der Waals surface area (Å²) < 4.78 is 5.09. The third-order valence-corrected chi connectivity index (χ3v) is 14.6. The van der Waals surface area contributed by atoms with Crippen LogP contribution in [0, 0.1) is 0 Å². The van der Waals surface area contributed by atoms with Crippen LogP contribution in [0.5, 0.6) is 0 Å². The van der Waals surface area contributed by atoms with Gasteiger partial charge in [0.05, 0.1) is 34.1 Å². The van der Waals surface area contributed by atoms with Gasteiger partial charge in [0.2, 0.25) is 0 Å². The van der Waals surface area contributed by atoms with Gasteiger partial charge in [0.15, 0.2) is 0 Å². The van der Waals surface area contributed by atoms with Crippen LogP contribution in [0.3, 0.4) is 0 Å². The lowest BCUT2D eigenvalue weighted by Gasteiger charge is -2.33. The van der Waals surface area contributed by atoms with Gasteiger partial charge in [-0.25, -0.2) is 0 Å². The molecule has 10 aromatic carbocycles. The third kappa shape index (κ3) is 6.46. The van der Waals surface area contributed by atoms with Crippen molar-refractivity contribution in [1.29, 1.82) is 0 Å². The Balaban J connectivity index is 1.16. The molecular formula is C60H40N2S2. The molecule has 0 aliphatic heterocycles. The topological polar surface area (TPSA) is 6.48 Å². The van der Waals surface area contributed by atoms with Crippen molar-refractivity contribution in [2.24, 2.45) is 0 Å². The van der Waals surface area contributed by atoms with Crippen LogP contribution in [0.1, 0.15) is 0 Å².